The Bertz CT molecular complexity index is 1430. The van der Waals surface area contributed by atoms with Crippen molar-refractivity contribution in [1.82, 2.24) is 25.8 Å². The predicted octanol–water partition coefficient (Wildman–Crippen LogP) is 1.48. The molecule has 4 aliphatic heterocycles. The molecule has 12 nitrogen and oxygen atoms in total. The average molecular weight is 647 g/mol. The van der Waals surface area contributed by atoms with E-state index in [0.29, 0.717) is 44.8 Å². The number of benzene rings is 2. The monoisotopic (exact) mass is 646 g/mol. The summed E-state index contributed by atoms with van der Waals surface area (Å²) in [6.45, 7) is 7.85. The fraction of sp³-hybridized carbons (Fsp3) is 0.514. The lowest BCUT2D eigenvalue weighted by Gasteiger charge is -2.31. The van der Waals surface area contributed by atoms with Gasteiger partial charge in [0, 0.05) is 44.8 Å². The Hall–Kier alpha value is -4.61. The first kappa shape index (κ1) is 33.7. The zero-order valence-electron chi connectivity index (χ0n) is 27.4. The minimum atomic E-state index is -0.952. The van der Waals surface area contributed by atoms with E-state index in [2.05, 4.69) is 33.0 Å². The van der Waals surface area contributed by atoms with Gasteiger partial charge in [-0.3, -0.25) is 24.0 Å². The van der Waals surface area contributed by atoms with Gasteiger partial charge in [-0.25, -0.2) is 0 Å². The van der Waals surface area contributed by atoms with E-state index in [9.17, 15) is 24.0 Å². The lowest BCUT2D eigenvalue weighted by atomic mass is 10.0. The molecule has 4 heterocycles. The Kier molecular flexibility index (Phi) is 11.0. The fourth-order valence-electron chi connectivity index (χ4n) is 6.44. The lowest BCUT2D eigenvalue weighted by molar-refractivity contribution is -0.143. The van der Waals surface area contributed by atoms with Crippen LogP contribution in [-0.2, 0) is 30.4 Å². The molecule has 252 valence electrons. The highest BCUT2D eigenvalue weighted by atomic mass is 16.5. The number of para-hydroxylation sites is 1. The molecule has 0 saturated carbocycles. The van der Waals surface area contributed by atoms with Crippen LogP contribution in [0.25, 0.3) is 0 Å². The van der Waals surface area contributed by atoms with Gasteiger partial charge in [-0.05, 0) is 61.9 Å². The second-order valence-electron chi connectivity index (χ2n) is 12.9. The average Bonchev–Trinajstić information content (AvgIpc) is 3.44. The summed E-state index contributed by atoms with van der Waals surface area (Å²) in [5.74, 6) is -1.69. The number of rotatable bonds is 3. The minimum Gasteiger partial charge on any atom is -0.484 e. The first-order valence-electron chi connectivity index (χ1n) is 16.6. The molecule has 2 aromatic rings. The summed E-state index contributed by atoms with van der Waals surface area (Å²) in [4.78, 5) is 73.0. The van der Waals surface area contributed by atoms with Gasteiger partial charge in [0.1, 0.15) is 29.9 Å². The first-order chi connectivity index (χ1) is 22.6. The van der Waals surface area contributed by atoms with Crippen LogP contribution in [0.2, 0.25) is 0 Å². The van der Waals surface area contributed by atoms with E-state index in [4.69, 9.17) is 4.74 Å². The second kappa shape index (κ2) is 15.3. The normalized spacial score (nSPS) is 25.1. The number of carbonyl (C=O) groups excluding carboxylic acids is 5. The van der Waals surface area contributed by atoms with Gasteiger partial charge in [-0.15, -0.1) is 0 Å². The van der Waals surface area contributed by atoms with Crippen molar-refractivity contribution in [2.24, 2.45) is 5.92 Å². The Morgan fingerprint density at radius 1 is 0.830 bits per heavy atom. The molecule has 0 spiro atoms. The Morgan fingerprint density at radius 2 is 1.57 bits per heavy atom. The molecule has 4 aliphatic rings. The third-order valence-electron chi connectivity index (χ3n) is 9.12. The number of carbonyl (C=O) groups is 5. The maximum atomic E-state index is 14.0. The summed E-state index contributed by atoms with van der Waals surface area (Å²) in [6, 6.07) is 13.7. The Balaban J connectivity index is 1.36. The van der Waals surface area contributed by atoms with E-state index in [0.717, 1.165) is 24.2 Å². The van der Waals surface area contributed by atoms with Crippen LogP contribution in [0.1, 0.15) is 45.6 Å². The molecule has 2 aromatic carbocycles. The minimum absolute atomic E-state index is 0.193. The van der Waals surface area contributed by atoms with E-state index >= 15 is 0 Å². The summed E-state index contributed by atoms with van der Waals surface area (Å²) in [7, 11) is 0. The molecule has 5 amide bonds. The topological polar surface area (TPSA) is 140 Å². The zero-order chi connectivity index (χ0) is 33.5. The molecule has 4 atom stereocenters. The van der Waals surface area contributed by atoms with Gasteiger partial charge < -0.3 is 35.4 Å². The molecule has 47 heavy (non-hydrogen) atoms. The third-order valence-corrected chi connectivity index (χ3v) is 9.12. The van der Waals surface area contributed by atoms with Gasteiger partial charge in [0.25, 0.3) is 5.91 Å². The molecule has 12 heteroatoms. The van der Waals surface area contributed by atoms with Crippen molar-refractivity contribution in [1.29, 1.82) is 0 Å². The molecular weight excluding hydrogens is 600 g/mol. The lowest BCUT2D eigenvalue weighted by Crippen LogP contribution is -2.58. The number of amides is 5. The van der Waals surface area contributed by atoms with Crippen LogP contribution in [-0.4, -0.2) is 103 Å². The summed E-state index contributed by atoms with van der Waals surface area (Å²) in [5.41, 5.74) is 1.90. The highest BCUT2D eigenvalue weighted by molar-refractivity contribution is 5.96. The molecule has 0 aromatic heterocycles. The largest absolute Gasteiger partial charge is 0.484 e. The standard InChI is InChI=1S/C35H46N6O6/c1-23(2)31-35(46)41-18-7-11-29(41)33(44)36-24(3)32(43)37-28(21-25-12-14-27(15-13-25)47-22-30(42)38-31)34(45)40-17-8-16-39(19-20-40)26-9-5-4-6-10-26/h4-6,9-10,12-15,23-24,28-29,31H,7-8,11,16-22H2,1-3H3,(H,36,44)(H,37,43)(H,38,42)/t24-,28-,29+,31-/m0/s1. The summed E-state index contributed by atoms with van der Waals surface area (Å²) >= 11 is 0. The number of hydrogen-bond donors (Lipinski definition) is 3. The van der Waals surface area contributed by atoms with Crippen molar-refractivity contribution >= 4 is 35.2 Å². The van der Waals surface area contributed by atoms with Gasteiger partial charge in [0.05, 0.1) is 0 Å². The molecule has 0 aliphatic carbocycles. The van der Waals surface area contributed by atoms with E-state index in [1.54, 1.807) is 36.1 Å². The summed E-state index contributed by atoms with van der Waals surface area (Å²) in [5, 5.41) is 8.48. The van der Waals surface area contributed by atoms with Crippen molar-refractivity contribution in [3.63, 3.8) is 0 Å². The van der Waals surface area contributed by atoms with Gasteiger partial charge in [-0.2, -0.15) is 0 Å². The maximum Gasteiger partial charge on any atom is 0.258 e. The van der Waals surface area contributed by atoms with Gasteiger partial charge in [0.2, 0.25) is 23.6 Å². The number of fused-ring (bicyclic) bond motifs is 13. The van der Waals surface area contributed by atoms with Crippen molar-refractivity contribution in [3.05, 3.63) is 60.2 Å². The van der Waals surface area contributed by atoms with Crippen molar-refractivity contribution in [2.75, 3.05) is 44.2 Å². The number of anilines is 1. The molecule has 0 radical (unpaired) electrons. The van der Waals surface area contributed by atoms with Crippen LogP contribution >= 0.6 is 0 Å². The molecule has 2 fully saturated rings. The predicted molar refractivity (Wildman–Crippen MR) is 177 cm³/mol. The Morgan fingerprint density at radius 3 is 2.30 bits per heavy atom. The van der Waals surface area contributed by atoms with Crippen LogP contribution in [0, 0.1) is 5.92 Å². The van der Waals surface area contributed by atoms with Crippen molar-refractivity contribution < 1.29 is 28.7 Å². The Labute approximate surface area is 276 Å². The fourth-order valence-corrected chi connectivity index (χ4v) is 6.44. The van der Waals surface area contributed by atoms with E-state index in [-0.39, 0.29) is 30.8 Å². The summed E-state index contributed by atoms with van der Waals surface area (Å²) < 4.78 is 5.71. The van der Waals surface area contributed by atoms with Crippen LogP contribution < -0.4 is 25.6 Å². The number of nitrogens with zero attached hydrogens (tertiary/aromatic N) is 3. The molecule has 2 saturated heterocycles. The van der Waals surface area contributed by atoms with E-state index < -0.39 is 41.9 Å². The number of hydrogen-bond acceptors (Lipinski definition) is 7. The molecular formula is C35H46N6O6. The van der Waals surface area contributed by atoms with Crippen LogP contribution in [0.5, 0.6) is 5.75 Å². The van der Waals surface area contributed by atoms with Gasteiger partial charge >= 0.3 is 0 Å². The molecule has 3 N–H and O–H groups in total. The second-order valence-corrected chi connectivity index (χ2v) is 12.9. The number of ether oxygens (including phenoxy) is 1. The number of nitrogens with one attached hydrogen (secondary N) is 3. The van der Waals surface area contributed by atoms with Gasteiger partial charge in [0.15, 0.2) is 6.61 Å². The molecule has 0 unspecified atom stereocenters. The van der Waals surface area contributed by atoms with E-state index in [1.807, 2.05) is 32.0 Å². The van der Waals surface area contributed by atoms with Gasteiger partial charge in [-0.1, -0.05) is 44.2 Å². The molecule has 2 bridgehead atoms. The van der Waals surface area contributed by atoms with Crippen LogP contribution in [0.3, 0.4) is 0 Å². The van der Waals surface area contributed by atoms with Crippen molar-refractivity contribution in [3.8, 4) is 5.75 Å². The quantitative estimate of drug-likeness (QED) is 0.459. The third kappa shape index (κ3) is 8.41. The summed E-state index contributed by atoms with van der Waals surface area (Å²) in [6.07, 6.45) is 2.07. The highest BCUT2D eigenvalue weighted by Gasteiger charge is 2.39. The first-order valence-corrected chi connectivity index (χ1v) is 16.6. The highest BCUT2D eigenvalue weighted by Crippen LogP contribution is 2.22. The van der Waals surface area contributed by atoms with Crippen LogP contribution in [0.15, 0.2) is 54.6 Å². The van der Waals surface area contributed by atoms with Crippen molar-refractivity contribution in [2.45, 2.75) is 70.6 Å². The van der Waals surface area contributed by atoms with Crippen LogP contribution in [0.4, 0.5) is 5.69 Å². The zero-order valence-corrected chi connectivity index (χ0v) is 27.4. The molecule has 6 rings (SSSR count). The smallest absolute Gasteiger partial charge is 0.258 e. The SMILES string of the molecule is CC(C)[C@@H]1NC(=O)COc2ccc(cc2)C[C@@H](C(=O)N2CCCN(c3ccccc3)CC2)NC(=O)[C@H](C)NC(=O)[C@H]2CCCN2C1=O. The van der Waals surface area contributed by atoms with E-state index in [1.165, 1.54) is 4.90 Å². The maximum absolute atomic E-state index is 14.0.